The Morgan fingerprint density at radius 1 is 1.15 bits per heavy atom. The van der Waals surface area contributed by atoms with Crippen molar-refractivity contribution in [2.45, 2.75) is 45.9 Å². The second kappa shape index (κ2) is 10.2. The number of primary amides is 1. The van der Waals surface area contributed by atoms with Crippen LogP contribution in [0.2, 0.25) is 0 Å². The molecule has 7 nitrogen and oxygen atoms in total. The molecule has 0 heterocycles. The number of carbonyl (C=O) groups excluding carboxylic acids is 3. The lowest BCUT2D eigenvalue weighted by Gasteiger charge is -2.24. The fraction of sp³-hybridized carbons (Fsp3) is 0.421. The van der Waals surface area contributed by atoms with Gasteiger partial charge in [-0.15, -0.1) is 6.58 Å². The van der Waals surface area contributed by atoms with Gasteiger partial charge in [-0.2, -0.15) is 0 Å². The molecule has 1 rings (SSSR count). The lowest BCUT2D eigenvalue weighted by Crippen LogP contribution is -2.54. The van der Waals surface area contributed by atoms with E-state index in [2.05, 4.69) is 17.2 Å². The molecule has 26 heavy (non-hydrogen) atoms. The van der Waals surface area contributed by atoms with E-state index in [0.29, 0.717) is 5.57 Å². The van der Waals surface area contributed by atoms with Crippen LogP contribution in [0.25, 0.3) is 0 Å². The molecule has 0 aromatic heterocycles. The molecule has 0 aliphatic heterocycles. The Kier molecular flexibility index (Phi) is 8.34. The van der Waals surface area contributed by atoms with E-state index < -0.39 is 30.0 Å². The van der Waals surface area contributed by atoms with E-state index >= 15 is 0 Å². The van der Waals surface area contributed by atoms with E-state index in [4.69, 9.17) is 10.5 Å². The molecule has 0 bridgehead atoms. The number of alkyl carbamates (subject to hydrolysis) is 1. The van der Waals surface area contributed by atoms with Crippen LogP contribution in [-0.4, -0.2) is 30.0 Å². The van der Waals surface area contributed by atoms with Crippen molar-refractivity contribution in [3.63, 3.8) is 0 Å². The Labute approximate surface area is 154 Å². The van der Waals surface area contributed by atoms with Crippen LogP contribution in [0.5, 0.6) is 0 Å². The molecule has 0 aliphatic carbocycles. The van der Waals surface area contributed by atoms with Gasteiger partial charge in [-0.05, 0) is 24.8 Å². The summed E-state index contributed by atoms with van der Waals surface area (Å²) in [6, 6.07) is 7.47. The number of hydrogen-bond acceptors (Lipinski definition) is 4. The molecule has 0 fully saturated rings. The monoisotopic (exact) mass is 361 g/mol. The Bertz CT molecular complexity index is 643. The van der Waals surface area contributed by atoms with Crippen molar-refractivity contribution >= 4 is 17.9 Å². The Morgan fingerprint density at radius 2 is 1.77 bits per heavy atom. The normalized spacial score (nSPS) is 12.8. The molecule has 1 aromatic carbocycles. The van der Waals surface area contributed by atoms with E-state index in [0.717, 1.165) is 5.56 Å². The highest BCUT2D eigenvalue weighted by Gasteiger charge is 2.28. The highest BCUT2D eigenvalue weighted by Crippen LogP contribution is 2.07. The summed E-state index contributed by atoms with van der Waals surface area (Å²) in [5.41, 5.74) is 6.87. The summed E-state index contributed by atoms with van der Waals surface area (Å²) in [6.07, 6.45) is -0.470. The summed E-state index contributed by atoms with van der Waals surface area (Å²) < 4.78 is 5.14. The van der Waals surface area contributed by atoms with Gasteiger partial charge in [-0.1, -0.05) is 49.8 Å². The summed E-state index contributed by atoms with van der Waals surface area (Å²) >= 11 is 0. The molecule has 1 aromatic rings. The number of rotatable bonds is 9. The topological polar surface area (TPSA) is 111 Å². The van der Waals surface area contributed by atoms with E-state index in [1.54, 1.807) is 20.8 Å². The largest absolute Gasteiger partial charge is 0.445 e. The number of amides is 3. The zero-order valence-electron chi connectivity index (χ0n) is 15.5. The van der Waals surface area contributed by atoms with E-state index in [-0.39, 0.29) is 18.9 Å². The molecule has 0 aliphatic rings. The minimum Gasteiger partial charge on any atom is -0.445 e. The van der Waals surface area contributed by atoms with Gasteiger partial charge in [0.2, 0.25) is 11.8 Å². The van der Waals surface area contributed by atoms with Gasteiger partial charge in [0, 0.05) is 0 Å². The van der Waals surface area contributed by atoms with E-state index in [9.17, 15) is 14.4 Å². The van der Waals surface area contributed by atoms with Crippen LogP contribution < -0.4 is 16.4 Å². The predicted molar refractivity (Wildman–Crippen MR) is 98.9 cm³/mol. The number of ether oxygens (including phenoxy) is 1. The third kappa shape index (κ3) is 7.38. The number of benzene rings is 1. The summed E-state index contributed by atoms with van der Waals surface area (Å²) in [5, 5.41) is 5.10. The van der Waals surface area contributed by atoms with Crippen LogP contribution in [0.3, 0.4) is 0 Å². The van der Waals surface area contributed by atoms with Crippen LogP contribution in [0.15, 0.2) is 42.5 Å². The molecular weight excluding hydrogens is 334 g/mol. The molecule has 0 saturated carbocycles. The standard InChI is InChI=1S/C19H27N3O4/c1-12(2)10-15(17(20)23)21-18(24)16(13(3)4)22-19(25)26-11-14-8-6-5-7-9-14/h5-9,13,15-16H,1,10-11H2,2-4H3,(H2,20,23)(H,21,24)(H,22,25)/t15-,16-/m1/s1. The predicted octanol–water partition coefficient (Wildman–Crippen LogP) is 1.87. The van der Waals surface area contributed by atoms with Crippen LogP contribution in [-0.2, 0) is 20.9 Å². The number of hydrogen-bond donors (Lipinski definition) is 3. The minimum atomic E-state index is -0.872. The van der Waals surface area contributed by atoms with Gasteiger partial charge < -0.3 is 21.1 Å². The lowest BCUT2D eigenvalue weighted by molar-refractivity contribution is -0.129. The smallest absolute Gasteiger partial charge is 0.408 e. The molecule has 4 N–H and O–H groups in total. The molecule has 0 saturated heterocycles. The van der Waals surface area contributed by atoms with Crippen molar-refractivity contribution in [1.82, 2.24) is 10.6 Å². The third-order valence-electron chi connectivity index (χ3n) is 3.65. The molecule has 2 atom stereocenters. The first-order chi connectivity index (χ1) is 12.2. The lowest BCUT2D eigenvalue weighted by atomic mass is 10.0. The fourth-order valence-electron chi connectivity index (χ4n) is 2.26. The van der Waals surface area contributed by atoms with Crippen molar-refractivity contribution in [3.05, 3.63) is 48.0 Å². The maximum atomic E-state index is 12.5. The van der Waals surface area contributed by atoms with E-state index in [1.807, 2.05) is 30.3 Å². The van der Waals surface area contributed by atoms with Gasteiger partial charge in [0.15, 0.2) is 0 Å². The third-order valence-corrected chi connectivity index (χ3v) is 3.65. The number of nitrogens with two attached hydrogens (primary N) is 1. The number of nitrogens with one attached hydrogen (secondary N) is 2. The van der Waals surface area contributed by atoms with Crippen LogP contribution >= 0.6 is 0 Å². The zero-order chi connectivity index (χ0) is 19.7. The van der Waals surface area contributed by atoms with Crippen LogP contribution in [0, 0.1) is 5.92 Å². The summed E-state index contributed by atoms with van der Waals surface area (Å²) in [4.78, 5) is 36.0. The molecule has 3 amide bonds. The summed E-state index contributed by atoms with van der Waals surface area (Å²) in [6.45, 7) is 9.11. The van der Waals surface area contributed by atoms with Crippen molar-refractivity contribution in [3.8, 4) is 0 Å². The number of carbonyl (C=O) groups is 3. The second-order valence-electron chi connectivity index (χ2n) is 6.55. The zero-order valence-corrected chi connectivity index (χ0v) is 15.5. The first kappa shape index (κ1) is 21.2. The van der Waals surface area contributed by atoms with Crippen LogP contribution in [0.4, 0.5) is 4.79 Å². The Morgan fingerprint density at radius 3 is 2.27 bits per heavy atom. The van der Waals surface area contributed by atoms with Crippen LogP contribution in [0.1, 0.15) is 32.8 Å². The average molecular weight is 361 g/mol. The quantitative estimate of drug-likeness (QED) is 0.583. The van der Waals surface area contributed by atoms with Gasteiger partial charge in [-0.25, -0.2) is 4.79 Å². The van der Waals surface area contributed by atoms with Gasteiger partial charge in [-0.3, -0.25) is 9.59 Å². The SMILES string of the molecule is C=C(C)C[C@@H](NC(=O)[C@H](NC(=O)OCc1ccccc1)C(C)C)C(N)=O. The highest BCUT2D eigenvalue weighted by molar-refractivity contribution is 5.91. The Hall–Kier alpha value is -2.83. The van der Waals surface area contributed by atoms with E-state index in [1.165, 1.54) is 0 Å². The van der Waals surface area contributed by atoms with Crippen molar-refractivity contribution < 1.29 is 19.1 Å². The van der Waals surface area contributed by atoms with Gasteiger partial charge in [0.25, 0.3) is 0 Å². The molecule has 0 unspecified atom stereocenters. The molecule has 0 spiro atoms. The van der Waals surface area contributed by atoms with Gasteiger partial charge >= 0.3 is 6.09 Å². The summed E-state index contributed by atoms with van der Waals surface area (Å²) in [5.74, 6) is -1.37. The molecular formula is C19H27N3O4. The van der Waals surface area contributed by atoms with Gasteiger partial charge in [0.05, 0.1) is 0 Å². The van der Waals surface area contributed by atoms with Crippen molar-refractivity contribution in [2.24, 2.45) is 11.7 Å². The average Bonchev–Trinajstić information content (AvgIpc) is 2.57. The second-order valence-corrected chi connectivity index (χ2v) is 6.55. The fourth-order valence-corrected chi connectivity index (χ4v) is 2.26. The Balaban J connectivity index is 2.65. The summed E-state index contributed by atoms with van der Waals surface area (Å²) in [7, 11) is 0. The first-order valence-corrected chi connectivity index (χ1v) is 8.42. The maximum Gasteiger partial charge on any atom is 0.408 e. The molecule has 142 valence electrons. The first-order valence-electron chi connectivity index (χ1n) is 8.42. The van der Waals surface area contributed by atoms with Gasteiger partial charge in [0.1, 0.15) is 18.7 Å². The van der Waals surface area contributed by atoms with Crippen molar-refractivity contribution in [2.75, 3.05) is 0 Å². The highest BCUT2D eigenvalue weighted by atomic mass is 16.5. The molecule has 0 radical (unpaired) electrons. The maximum absolute atomic E-state index is 12.5. The minimum absolute atomic E-state index is 0.0959. The molecule has 7 heteroatoms. The van der Waals surface area contributed by atoms with Crippen molar-refractivity contribution in [1.29, 1.82) is 0 Å².